The Kier molecular flexibility index (Phi) is 3.93. The monoisotopic (exact) mass is 364 g/mol. The molecule has 0 amide bonds. The van der Waals surface area contributed by atoms with E-state index in [0.29, 0.717) is 18.9 Å². The number of H-pyrrole nitrogens is 1. The standard InChI is InChI=1S/C18H19F3N4O/c1-10(2)9-14-15-12(11-5-3-4-6-13(11)22-15)7-8-25(14)17-24-23-16(26-17)18(19,20)21/h3-6,10,14,22H,7-9H2,1-2H3/t14-/m0/s1. The molecule has 138 valence electrons. The minimum absolute atomic E-state index is 0.0766. The lowest BCUT2D eigenvalue weighted by Gasteiger charge is -2.35. The molecule has 0 radical (unpaired) electrons. The molecule has 1 aliphatic rings. The average molecular weight is 364 g/mol. The molecule has 4 rings (SSSR count). The van der Waals surface area contributed by atoms with Crippen molar-refractivity contribution in [3.8, 4) is 0 Å². The van der Waals surface area contributed by atoms with E-state index < -0.39 is 12.1 Å². The summed E-state index contributed by atoms with van der Waals surface area (Å²) in [6.07, 6.45) is -3.16. The summed E-state index contributed by atoms with van der Waals surface area (Å²) < 4.78 is 43.5. The Hall–Kier alpha value is -2.51. The molecule has 26 heavy (non-hydrogen) atoms. The number of aromatic amines is 1. The van der Waals surface area contributed by atoms with Crippen molar-refractivity contribution in [1.82, 2.24) is 15.2 Å². The smallest absolute Gasteiger partial charge is 0.399 e. The first-order chi connectivity index (χ1) is 12.3. The molecule has 8 heteroatoms. The maximum Gasteiger partial charge on any atom is 0.470 e. The van der Waals surface area contributed by atoms with Crippen LogP contribution in [0, 0.1) is 5.92 Å². The first-order valence-electron chi connectivity index (χ1n) is 8.61. The maximum absolute atomic E-state index is 12.8. The van der Waals surface area contributed by atoms with Crippen LogP contribution in [0.4, 0.5) is 19.2 Å². The van der Waals surface area contributed by atoms with Gasteiger partial charge in [-0.05, 0) is 30.4 Å². The van der Waals surface area contributed by atoms with Crippen LogP contribution in [-0.4, -0.2) is 21.7 Å². The quantitative estimate of drug-likeness (QED) is 0.731. The number of hydrogen-bond acceptors (Lipinski definition) is 4. The van der Waals surface area contributed by atoms with E-state index in [-0.39, 0.29) is 12.1 Å². The maximum atomic E-state index is 12.8. The molecule has 0 unspecified atom stereocenters. The molecule has 3 heterocycles. The first kappa shape index (κ1) is 16.9. The van der Waals surface area contributed by atoms with Crippen molar-refractivity contribution < 1.29 is 17.6 Å². The van der Waals surface area contributed by atoms with E-state index in [1.165, 1.54) is 5.56 Å². The Morgan fingerprint density at radius 3 is 2.73 bits per heavy atom. The third-order valence-electron chi connectivity index (χ3n) is 4.76. The second-order valence-electron chi connectivity index (χ2n) is 7.04. The van der Waals surface area contributed by atoms with E-state index >= 15 is 0 Å². The second kappa shape index (κ2) is 6.03. The Morgan fingerprint density at radius 2 is 2.04 bits per heavy atom. The number of rotatable bonds is 3. The SMILES string of the molecule is CC(C)C[C@H]1c2[nH]c3ccccc3c2CCN1c1nnc(C(F)(F)F)o1. The molecule has 5 nitrogen and oxygen atoms in total. The number of hydrogen-bond donors (Lipinski definition) is 1. The van der Waals surface area contributed by atoms with Crippen LogP contribution in [0.1, 0.15) is 43.5 Å². The number of halogens is 3. The third kappa shape index (κ3) is 2.83. The summed E-state index contributed by atoms with van der Waals surface area (Å²) in [5.74, 6) is -0.955. The zero-order valence-corrected chi connectivity index (χ0v) is 14.5. The van der Waals surface area contributed by atoms with Gasteiger partial charge in [0.1, 0.15) is 0 Å². The molecular formula is C18H19F3N4O. The fourth-order valence-corrected chi connectivity index (χ4v) is 3.69. The lowest BCUT2D eigenvalue weighted by atomic mass is 9.92. The van der Waals surface area contributed by atoms with Crippen molar-refractivity contribution in [3.05, 3.63) is 41.4 Å². The predicted octanol–water partition coefficient (Wildman–Crippen LogP) is 4.72. The molecule has 0 spiro atoms. The van der Waals surface area contributed by atoms with Gasteiger partial charge >= 0.3 is 18.1 Å². The molecule has 0 saturated carbocycles. The van der Waals surface area contributed by atoms with Gasteiger partial charge in [-0.15, -0.1) is 5.10 Å². The topological polar surface area (TPSA) is 58.0 Å². The number of para-hydroxylation sites is 1. The molecule has 0 bridgehead atoms. The molecule has 3 aromatic rings. The Balaban J connectivity index is 1.77. The summed E-state index contributed by atoms with van der Waals surface area (Å²) >= 11 is 0. The van der Waals surface area contributed by atoms with Crippen molar-refractivity contribution in [2.75, 3.05) is 11.4 Å². The third-order valence-corrected chi connectivity index (χ3v) is 4.76. The highest BCUT2D eigenvalue weighted by Crippen LogP contribution is 2.40. The highest BCUT2D eigenvalue weighted by Gasteiger charge is 2.40. The summed E-state index contributed by atoms with van der Waals surface area (Å²) in [5.41, 5.74) is 3.28. The van der Waals surface area contributed by atoms with Gasteiger partial charge < -0.3 is 14.3 Å². The van der Waals surface area contributed by atoms with Crippen LogP contribution in [0.15, 0.2) is 28.7 Å². The molecular weight excluding hydrogens is 345 g/mol. The van der Waals surface area contributed by atoms with E-state index in [1.807, 2.05) is 18.2 Å². The highest BCUT2D eigenvalue weighted by molar-refractivity contribution is 5.85. The van der Waals surface area contributed by atoms with Crippen molar-refractivity contribution in [2.24, 2.45) is 5.92 Å². The van der Waals surface area contributed by atoms with Crippen LogP contribution in [0.2, 0.25) is 0 Å². The number of alkyl halides is 3. The molecule has 1 atom stereocenters. The Bertz CT molecular complexity index is 928. The van der Waals surface area contributed by atoms with Crippen LogP contribution >= 0.6 is 0 Å². The van der Waals surface area contributed by atoms with E-state index in [0.717, 1.165) is 23.0 Å². The number of nitrogens with zero attached hydrogens (tertiary/aromatic N) is 3. The molecule has 1 aliphatic heterocycles. The van der Waals surface area contributed by atoms with Gasteiger partial charge in [0.15, 0.2) is 0 Å². The van der Waals surface area contributed by atoms with Crippen molar-refractivity contribution in [2.45, 2.75) is 38.9 Å². The fourth-order valence-electron chi connectivity index (χ4n) is 3.69. The minimum Gasteiger partial charge on any atom is -0.399 e. The van der Waals surface area contributed by atoms with Gasteiger partial charge in [-0.2, -0.15) is 13.2 Å². The van der Waals surface area contributed by atoms with Gasteiger partial charge in [-0.1, -0.05) is 37.1 Å². The van der Waals surface area contributed by atoms with Crippen LogP contribution in [0.5, 0.6) is 0 Å². The highest BCUT2D eigenvalue weighted by atomic mass is 19.4. The van der Waals surface area contributed by atoms with Gasteiger partial charge in [0.2, 0.25) is 0 Å². The van der Waals surface area contributed by atoms with Gasteiger partial charge in [0.05, 0.1) is 6.04 Å². The summed E-state index contributed by atoms with van der Waals surface area (Å²) in [6.45, 7) is 4.71. The number of nitrogens with one attached hydrogen (secondary N) is 1. The summed E-state index contributed by atoms with van der Waals surface area (Å²) in [6, 6.07) is 7.83. The summed E-state index contributed by atoms with van der Waals surface area (Å²) in [4.78, 5) is 5.25. The zero-order chi connectivity index (χ0) is 18.5. The van der Waals surface area contributed by atoms with Gasteiger partial charge in [-0.25, -0.2) is 0 Å². The minimum atomic E-state index is -4.64. The van der Waals surface area contributed by atoms with Crippen LogP contribution < -0.4 is 4.90 Å². The predicted molar refractivity (Wildman–Crippen MR) is 90.8 cm³/mol. The van der Waals surface area contributed by atoms with Crippen LogP contribution in [0.25, 0.3) is 10.9 Å². The Morgan fingerprint density at radius 1 is 1.27 bits per heavy atom. The lowest BCUT2D eigenvalue weighted by molar-refractivity contribution is -0.157. The van der Waals surface area contributed by atoms with E-state index in [4.69, 9.17) is 4.42 Å². The molecule has 2 aromatic heterocycles. The van der Waals surface area contributed by atoms with Gasteiger partial charge in [-0.3, -0.25) is 0 Å². The summed E-state index contributed by atoms with van der Waals surface area (Å²) in [5, 5.41) is 8.01. The number of anilines is 1. The van der Waals surface area contributed by atoms with E-state index in [1.54, 1.807) is 4.90 Å². The molecule has 0 aliphatic carbocycles. The second-order valence-corrected chi connectivity index (χ2v) is 7.04. The number of fused-ring (bicyclic) bond motifs is 3. The fraction of sp³-hybridized carbons (Fsp3) is 0.444. The normalized spacial score (nSPS) is 17.9. The molecule has 0 saturated heterocycles. The average Bonchev–Trinajstić information content (AvgIpc) is 3.19. The first-order valence-corrected chi connectivity index (χ1v) is 8.61. The summed E-state index contributed by atoms with van der Waals surface area (Å²) in [7, 11) is 0. The van der Waals surface area contributed by atoms with Crippen LogP contribution in [0.3, 0.4) is 0 Å². The van der Waals surface area contributed by atoms with Crippen molar-refractivity contribution in [1.29, 1.82) is 0 Å². The van der Waals surface area contributed by atoms with Crippen molar-refractivity contribution in [3.63, 3.8) is 0 Å². The number of aromatic nitrogens is 3. The Labute approximate surface area is 148 Å². The van der Waals surface area contributed by atoms with Crippen LogP contribution in [-0.2, 0) is 12.6 Å². The molecule has 1 aromatic carbocycles. The zero-order valence-electron chi connectivity index (χ0n) is 14.5. The van der Waals surface area contributed by atoms with Crippen molar-refractivity contribution >= 4 is 16.9 Å². The molecule has 0 fully saturated rings. The van der Waals surface area contributed by atoms with Gasteiger partial charge in [0, 0.05) is 23.1 Å². The number of benzene rings is 1. The largest absolute Gasteiger partial charge is 0.470 e. The van der Waals surface area contributed by atoms with E-state index in [9.17, 15) is 13.2 Å². The van der Waals surface area contributed by atoms with Gasteiger partial charge in [0.25, 0.3) is 0 Å². The van der Waals surface area contributed by atoms with E-state index in [2.05, 4.69) is 35.1 Å². The lowest BCUT2D eigenvalue weighted by Crippen LogP contribution is -2.36. The molecule has 1 N–H and O–H groups in total.